The summed E-state index contributed by atoms with van der Waals surface area (Å²) < 4.78 is 4.79. The molecule has 0 radical (unpaired) electrons. The molecule has 0 amide bonds. The Morgan fingerprint density at radius 2 is 2.12 bits per heavy atom. The summed E-state index contributed by atoms with van der Waals surface area (Å²) in [6.45, 7) is 0.162. The molecule has 0 unspecified atom stereocenters. The highest BCUT2D eigenvalue weighted by molar-refractivity contribution is 5.96. The van der Waals surface area contributed by atoms with Crippen LogP contribution in [0.25, 0.3) is 0 Å². The average molecular weight is 229 g/mol. The maximum Gasteiger partial charge on any atom is 0.323 e. The average Bonchev–Trinajstić information content (AvgIpc) is 2.71. The number of benzene rings is 1. The molecule has 1 aromatic carbocycles. The van der Waals surface area contributed by atoms with Crippen molar-refractivity contribution in [2.75, 3.05) is 6.61 Å². The van der Waals surface area contributed by atoms with E-state index in [4.69, 9.17) is 10.00 Å². The van der Waals surface area contributed by atoms with E-state index in [0.717, 1.165) is 0 Å². The molecular weight excluding hydrogens is 218 g/mol. The second-order valence-corrected chi connectivity index (χ2v) is 3.99. The number of Topliss-reactive ketones (excluding diaryl/α,β-unsaturated/α-hetero) is 1. The van der Waals surface area contributed by atoms with Crippen molar-refractivity contribution in [1.29, 1.82) is 5.26 Å². The fourth-order valence-corrected chi connectivity index (χ4v) is 1.88. The first-order valence-electron chi connectivity index (χ1n) is 5.37. The zero-order valence-corrected chi connectivity index (χ0v) is 9.13. The lowest BCUT2D eigenvalue weighted by atomic mass is 9.90. The van der Waals surface area contributed by atoms with Crippen molar-refractivity contribution in [3.05, 3.63) is 35.9 Å². The number of nitrogens with zero attached hydrogens (tertiary/aromatic N) is 1. The number of cyclic esters (lactones) is 1. The molecule has 2 atom stereocenters. The van der Waals surface area contributed by atoms with E-state index in [-0.39, 0.29) is 24.7 Å². The van der Waals surface area contributed by atoms with Crippen LogP contribution in [0.1, 0.15) is 16.8 Å². The zero-order chi connectivity index (χ0) is 12.3. The number of hydrogen-bond donors (Lipinski definition) is 0. The number of hydrogen-bond acceptors (Lipinski definition) is 4. The molecule has 0 aromatic heterocycles. The molecule has 0 aliphatic carbocycles. The van der Waals surface area contributed by atoms with Gasteiger partial charge in [-0.1, -0.05) is 30.3 Å². The normalized spacial score (nSPS) is 22.9. The Labute approximate surface area is 98.8 Å². The van der Waals surface area contributed by atoms with E-state index >= 15 is 0 Å². The van der Waals surface area contributed by atoms with Crippen molar-refractivity contribution >= 4 is 11.8 Å². The van der Waals surface area contributed by atoms with Crippen LogP contribution >= 0.6 is 0 Å². The highest BCUT2D eigenvalue weighted by Gasteiger charge is 2.38. The van der Waals surface area contributed by atoms with E-state index in [2.05, 4.69) is 0 Å². The summed E-state index contributed by atoms with van der Waals surface area (Å²) in [4.78, 5) is 23.1. The van der Waals surface area contributed by atoms with Crippen LogP contribution in [0, 0.1) is 23.2 Å². The van der Waals surface area contributed by atoms with Gasteiger partial charge < -0.3 is 4.74 Å². The first-order chi connectivity index (χ1) is 8.22. The molecule has 2 rings (SSSR count). The van der Waals surface area contributed by atoms with Crippen LogP contribution in [-0.2, 0) is 9.53 Å². The maximum absolute atomic E-state index is 11.9. The Kier molecular flexibility index (Phi) is 3.20. The number of ketones is 1. The van der Waals surface area contributed by atoms with Crippen LogP contribution in [0.3, 0.4) is 0 Å². The van der Waals surface area contributed by atoms with Crippen molar-refractivity contribution in [2.45, 2.75) is 6.42 Å². The van der Waals surface area contributed by atoms with Gasteiger partial charge in [-0.05, 0) is 0 Å². The van der Waals surface area contributed by atoms with Gasteiger partial charge in [0.1, 0.15) is 0 Å². The minimum Gasteiger partial charge on any atom is -0.464 e. The summed E-state index contributed by atoms with van der Waals surface area (Å²) in [7, 11) is 0. The SMILES string of the molecule is N#C[C@@H]1C(=O)OC[C@H]1CC(=O)c1ccccc1. The zero-order valence-electron chi connectivity index (χ0n) is 9.13. The van der Waals surface area contributed by atoms with Gasteiger partial charge in [-0.25, -0.2) is 0 Å². The van der Waals surface area contributed by atoms with E-state index in [1.54, 1.807) is 24.3 Å². The van der Waals surface area contributed by atoms with Crippen LogP contribution in [-0.4, -0.2) is 18.4 Å². The number of rotatable bonds is 3. The molecule has 1 aliphatic rings. The second kappa shape index (κ2) is 4.79. The summed E-state index contributed by atoms with van der Waals surface area (Å²) in [5.74, 6) is -1.70. The predicted octanol–water partition coefficient (Wildman–Crippen LogP) is 1.57. The first kappa shape index (κ1) is 11.3. The molecule has 4 heteroatoms. The van der Waals surface area contributed by atoms with Crippen molar-refractivity contribution in [2.24, 2.45) is 11.8 Å². The fourth-order valence-electron chi connectivity index (χ4n) is 1.88. The maximum atomic E-state index is 11.9. The van der Waals surface area contributed by atoms with Gasteiger partial charge in [0.25, 0.3) is 0 Å². The monoisotopic (exact) mass is 229 g/mol. The Morgan fingerprint density at radius 3 is 2.76 bits per heavy atom. The van der Waals surface area contributed by atoms with Crippen LogP contribution in [0.5, 0.6) is 0 Å². The number of carbonyl (C=O) groups is 2. The summed E-state index contributed by atoms with van der Waals surface area (Å²) >= 11 is 0. The van der Waals surface area contributed by atoms with Crippen molar-refractivity contribution in [3.63, 3.8) is 0 Å². The topological polar surface area (TPSA) is 67.2 Å². The molecule has 1 heterocycles. The van der Waals surface area contributed by atoms with Crippen LogP contribution in [0.4, 0.5) is 0 Å². The van der Waals surface area contributed by atoms with Gasteiger partial charge in [0.15, 0.2) is 11.7 Å². The summed E-state index contributed by atoms with van der Waals surface area (Å²) in [6, 6.07) is 10.7. The van der Waals surface area contributed by atoms with Gasteiger partial charge in [-0.15, -0.1) is 0 Å². The minimum absolute atomic E-state index is 0.0610. The quantitative estimate of drug-likeness (QED) is 0.582. The Morgan fingerprint density at radius 1 is 1.41 bits per heavy atom. The molecule has 0 saturated carbocycles. The largest absolute Gasteiger partial charge is 0.464 e. The van der Waals surface area contributed by atoms with Gasteiger partial charge in [0, 0.05) is 17.9 Å². The molecule has 4 nitrogen and oxygen atoms in total. The predicted molar refractivity (Wildman–Crippen MR) is 58.9 cm³/mol. The number of nitriles is 1. The lowest BCUT2D eigenvalue weighted by molar-refractivity contribution is -0.139. The van der Waals surface area contributed by atoms with Crippen molar-refractivity contribution in [3.8, 4) is 6.07 Å². The van der Waals surface area contributed by atoms with Gasteiger partial charge >= 0.3 is 5.97 Å². The fraction of sp³-hybridized carbons (Fsp3) is 0.308. The highest BCUT2D eigenvalue weighted by Crippen LogP contribution is 2.25. The summed E-state index contributed by atoms with van der Waals surface area (Å²) in [5, 5.41) is 8.83. The van der Waals surface area contributed by atoms with E-state index < -0.39 is 11.9 Å². The summed E-state index contributed by atoms with van der Waals surface area (Å²) in [5.41, 5.74) is 0.600. The lowest BCUT2D eigenvalue weighted by Gasteiger charge is -2.07. The molecule has 0 spiro atoms. The molecule has 1 aromatic rings. The molecular formula is C13H11NO3. The van der Waals surface area contributed by atoms with Crippen LogP contribution < -0.4 is 0 Å². The van der Waals surface area contributed by atoms with Gasteiger partial charge in [-0.2, -0.15) is 5.26 Å². The van der Waals surface area contributed by atoms with Gasteiger partial charge in [-0.3, -0.25) is 9.59 Å². The number of ether oxygens (including phenoxy) is 1. The van der Waals surface area contributed by atoms with Crippen LogP contribution in [0.2, 0.25) is 0 Å². The van der Waals surface area contributed by atoms with Gasteiger partial charge in [0.05, 0.1) is 12.7 Å². The van der Waals surface area contributed by atoms with Crippen molar-refractivity contribution < 1.29 is 14.3 Å². The third-order valence-corrected chi connectivity index (χ3v) is 2.85. The van der Waals surface area contributed by atoms with Crippen molar-refractivity contribution in [1.82, 2.24) is 0 Å². The molecule has 17 heavy (non-hydrogen) atoms. The third-order valence-electron chi connectivity index (χ3n) is 2.85. The second-order valence-electron chi connectivity index (χ2n) is 3.99. The lowest BCUT2D eigenvalue weighted by Crippen LogP contribution is -2.17. The number of esters is 1. The summed E-state index contributed by atoms with van der Waals surface area (Å²) in [6.07, 6.45) is 0.175. The van der Waals surface area contributed by atoms with Crippen LogP contribution in [0.15, 0.2) is 30.3 Å². The smallest absolute Gasteiger partial charge is 0.323 e. The molecule has 0 N–H and O–H groups in total. The molecule has 1 aliphatic heterocycles. The minimum atomic E-state index is -0.803. The molecule has 0 bridgehead atoms. The third kappa shape index (κ3) is 2.34. The first-order valence-corrected chi connectivity index (χ1v) is 5.37. The van der Waals surface area contributed by atoms with E-state index in [1.807, 2.05) is 12.1 Å². The molecule has 1 saturated heterocycles. The van der Waals surface area contributed by atoms with Gasteiger partial charge in [0.2, 0.25) is 0 Å². The standard InChI is InChI=1S/C13H11NO3/c14-7-11-10(8-17-13(11)16)6-12(15)9-4-2-1-3-5-9/h1-5,10-11H,6,8H2/t10-,11+/m1/s1. The molecule has 1 fully saturated rings. The highest BCUT2D eigenvalue weighted by atomic mass is 16.5. The Balaban J connectivity index is 2.05. The van der Waals surface area contributed by atoms with E-state index in [0.29, 0.717) is 5.56 Å². The Bertz CT molecular complexity index is 475. The molecule has 86 valence electrons. The number of carbonyl (C=O) groups excluding carboxylic acids is 2. The van der Waals surface area contributed by atoms with E-state index in [9.17, 15) is 9.59 Å². The Hall–Kier alpha value is -2.15. The van der Waals surface area contributed by atoms with E-state index in [1.165, 1.54) is 0 Å².